The first kappa shape index (κ1) is 22.8. The molecule has 0 radical (unpaired) electrons. The second kappa shape index (κ2) is 8.97. The second-order valence-electron chi connectivity index (χ2n) is 8.11. The number of thioether (sulfide) groups is 1. The van der Waals surface area contributed by atoms with Crippen LogP contribution in [0.5, 0.6) is 0 Å². The molecule has 0 spiro atoms. The number of thiophene rings is 1. The molecular weight excluding hydrogens is 472 g/mol. The van der Waals surface area contributed by atoms with E-state index in [1.54, 1.807) is 11.7 Å². The number of hydrogen-bond donors (Lipinski definition) is 1. The minimum atomic E-state index is -0.195. The summed E-state index contributed by atoms with van der Waals surface area (Å²) in [6, 6.07) is 7.45. The van der Waals surface area contributed by atoms with Crippen molar-refractivity contribution in [3.05, 3.63) is 61.2 Å². The lowest BCUT2D eigenvalue weighted by molar-refractivity contribution is 0.190. The van der Waals surface area contributed by atoms with Gasteiger partial charge in [-0.25, -0.2) is 4.98 Å². The molecule has 176 valence electrons. The molecule has 0 aliphatic heterocycles. The summed E-state index contributed by atoms with van der Waals surface area (Å²) in [6.45, 7) is 6.93. The highest BCUT2D eigenvalue weighted by molar-refractivity contribution is 7.99. The number of H-pyrrole nitrogens is 1. The predicted octanol–water partition coefficient (Wildman–Crippen LogP) is 3.85. The number of nitrogens with one attached hydrogen (secondary N) is 1. The molecule has 11 heteroatoms. The van der Waals surface area contributed by atoms with E-state index in [4.69, 9.17) is 9.72 Å². The molecule has 0 saturated carbocycles. The van der Waals surface area contributed by atoms with E-state index in [1.165, 1.54) is 23.1 Å². The van der Waals surface area contributed by atoms with Gasteiger partial charge in [0.1, 0.15) is 10.7 Å². The molecule has 0 saturated heterocycles. The van der Waals surface area contributed by atoms with Gasteiger partial charge in [-0.05, 0) is 44.9 Å². The summed E-state index contributed by atoms with van der Waals surface area (Å²) in [5.74, 6) is 1.06. The maximum atomic E-state index is 13.2. The number of aromatic nitrogens is 6. The number of hydrogen-bond acceptors (Lipinski definition) is 8. The number of rotatable bonds is 7. The summed E-state index contributed by atoms with van der Waals surface area (Å²) < 4.78 is 8.71. The molecule has 0 fully saturated rings. The smallest absolute Gasteiger partial charge is 0.262 e. The zero-order valence-corrected chi connectivity index (χ0v) is 20.9. The van der Waals surface area contributed by atoms with Gasteiger partial charge in [0.15, 0.2) is 5.16 Å². The van der Waals surface area contributed by atoms with Crippen molar-refractivity contribution in [3.63, 3.8) is 0 Å². The van der Waals surface area contributed by atoms with Crippen LogP contribution in [0.1, 0.15) is 34.9 Å². The van der Waals surface area contributed by atoms with E-state index in [9.17, 15) is 9.59 Å². The summed E-state index contributed by atoms with van der Waals surface area (Å²) >= 11 is 2.97. The monoisotopic (exact) mass is 496 g/mol. The molecular formula is C23H24N6O3S2. The molecule has 5 aromatic rings. The molecule has 1 N–H and O–H groups in total. The third kappa shape index (κ3) is 3.73. The zero-order valence-electron chi connectivity index (χ0n) is 19.3. The van der Waals surface area contributed by atoms with E-state index in [1.807, 2.05) is 49.4 Å². The van der Waals surface area contributed by atoms with Crippen LogP contribution in [0.3, 0.4) is 0 Å². The average Bonchev–Trinajstić information content (AvgIpc) is 3.36. The van der Waals surface area contributed by atoms with Gasteiger partial charge in [0.05, 0.1) is 21.5 Å². The van der Waals surface area contributed by atoms with Crippen LogP contribution in [-0.2, 0) is 11.3 Å². The van der Waals surface area contributed by atoms with Crippen LogP contribution in [-0.4, -0.2) is 42.8 Å². The minimum Gasteiger partial charge on any atom is -0.385 e. The minimum absolute atomic E-state index is 0.101. The Morgan fingerprint density at radius 2 is 2.00 bits per heavy atom. The predicted molar refractivity (Wildman–Crippen MR) is 135 cm³/mol. The molecule has 0 amide bonds. The van der Waals surface area contributed by atoms with Gasteiger partial charge in [-0.15, -0.1) is 21.5 Å². The molecule has 1 atom stereocenters. The van der Waals surface area contributed by atoms with Gasteiger partial charge >= 0.3 is 0 Å². The van der Waals surface area contributed by atoms with Gasteiger partial charge < -0.3 is 9.72 Å². The van der Waals surface area contributed by atoms with Gasteiger partial charge in [0.25, 0.3) is 11.1 Å². The first-order chi connectivity index (χ1) is 16.4. The largest absolute Gasteiger partial charge is 0.385 e. The quantitative estimate of drug-likeness (QED) is 0.269. The van der Waals surface area contributed by atoms with E-state index < -0.39 is 0 Å². The molecule has 1 aromatic carbocycles. The molecule has 9 nitrogen and oxygen atoms in total. The Balaban J connectivity index is 1.60. The van der Waals surface area contributed by atoms with Crippen LogP contribution in [0.4, 0.5) is 0 Å². The summed E-state index contributed by atoms with van der Waals surface area (Å²) in [5, 5.41) is 10.5. The third-order valence-corrected chi connectivity index (χ3v) is 8.09. The van der Waals surface area contributed by atoms with Crippen molar-refractivity contribution < 1.29 is 4.74 Å². The van der Waals surface area contributed by atoms with Crippen molar-refractivity contribution in [2.45, 2.75) is 44.1 Å². The second-order valence-corrected chi connectivity index (χ2v) is 10.6. The summed E-state index contributed by atoms with van der Waals surface area (Å²) in [5.41, 5.74) is 1.49. The number of methoxy groups -OCH3 is 1. The van der Waals surface area contributed by atoms with Gasteiger partial charge in [-0.3, -0.25) is 18.6 Å². The number of ether oxygens (including phenoxy) is 1. The van der Waals surface area contributed by atoms with Gasteiger partial charge in [0.2, 0.25) is 5.78 Å². The highest BCUT2D eigenvalue weighted by Crippen LogP contribution is 2.34. The third-order valence-electron chi connectivity index (χ3n) is 5.93. The Bertz CT molecular complexity index is 1650. The van der Waals surface area contributed by atoms with Crippen molar-refractivity contribution in [1.29, 1.82) is 0 Å². The first-order valence-electron chi connectivity index (χ1n) is 10.9. The zero-order chi connectivity index (χ0) is 24.0. The van der Waals surface area contributed by atoms with Gasteiger partial charge in [-0.1, -0.05) is 23.9 Å². The van der Waals surface area contributed by atoms with Crippen LogP contribution in [0.15, 0.2) is 39.0 Å². The van der Waals surface area contributed by atoms with E-state index in [2.05, 4.69) is 15.2 Å². The molecule has 4 aromatic heterocycles. The van der Waals surface area contributed by atoms with Crippen molar-refractivity contribution in [2.75, 3.05) is 13.7 Å². The number of benzene rings is 1. The molecule has 5 rings (SSSR count). The van der Waals surface area contributed by atoms with E-state index in [-0.39, 0.29) is 16.4 Å². The summed E-state index contributed by atoms with van der Waals surface area (Å²) in [7, 11) is 1.64. The van der Waals surface area contributed by atoms with Crippen molar-refractivity contribution in [3.8, 4) is 0 Å². The molecule has 34 heavy (non-hydrogen) atoms. The summed E-state index contributed by atoms with van der Waals surface area (Å²) in [6.07, 6.45) is 0.682. The number of aryl methyl sites for hydroxylation is 3. The van der Waals surface area contributed by atoms with E-state index >= 15 is 0 Å². The molecule has 0 bridgehead atoms. The molecule has 0 aliphatic carbocycles. The first-order valence-corrected chi connectivity index (χ1v) is 12.6. The number of nitrogens with zero attached hydrogens (tertiary/aromatic N) is 5. The lowest BCUT2D eigenvalue weighted by Crippen LogP contribution is -2.24. The Morgan fingerprint density at radius 3 is 2.79 bits per heavy atom. The van der Waals surface area contributed by atoms with Crippen LogP contribution < -0.4 is 11.1 Å². The lowest BCUT2D eigenvalue weighted by Gasteiger charge is -2.13. The molecule has 1 unspecified atom stereocenters. The molecule has 4 heterocycles. The highest BCUT2D eigenvalue weighted by Gasteiger charge is 2.21. The number of aromatic amines is 1. The number of para-hydroxylation sites is 1. The van der Waals surface area contributed by atoms with Crippen LogP contribution in [0.25, 0.3) is 26.9 Å². The Labute approximate surface area is 202 Å². The van der Waals surface area contributed by atoms with Crippen molar-refractivity contribution in [2.24, 2.45) is 0 Å². The lowest BCUT2D eigenvalue weighted by atomic mass is 10.2. The standard InChI is InChI=1S/C23H24N6O3S2/c1-12-13(2)33-20-17(12)19(30)24-18(25-20)14(3)34-23-27-26-22-28(10-7-11-32-4)21(31)15-8-5-6-9-16(15)29(22)23/h5-6,8-9,14H,7,10-11H2,1-4H3,(H,24,25,30). The SMILES string of the molecule is COCCCn1c(=O)c2ccccc2n2c(SC(C)c3nc4sc(C)c(C)c4c(=O)[nH]3)nnc12. The van der Waals surface area contributed by atoms with Crippen LogP contribution in [0, 0.1) is 13.8 Å². The maximum Gasteiger partial charge on any atom is 0.262 e. The number of fused-ring (bicyclic) bond motifs is 4. The van der Waals surface area contributed by atoms with Gasteiger partial charge in [0, 0.05) is 25.1 Å². The maximum absolute atomic E-state index is 13.2. The highest BCUT2D eigenvalue weighted by atomic mass is 32.2. The molecule has 0 aliphatic rings. The van der Waals surface area contributed by atoms with Gasteiger partial charge in [-0.2, -0.15) is 0 Å². The fourth-order valence-corrected chi connectivity index (χ4v) is 6.01. The fourth-order valence-electron chi connectivity index (χ4n) is 4.06. The summed E-state index contributed by atoms with van der Waals surface area (Å²) in [4.78, 5) is 35.4. The van der Waals surface area contributed by atoms with E-state index in [0.29, 0.717) is 47.1 Å². The average molecular weight is 497 g/mol. The van der Waals surface area contributed by atoms with Crippen LogP contribution in [0.2, 0.25) is 0 Å². The van der Waals surface area contributed by atoms with Crippen molar-refractivity contribution in [1.82, 2.24) is 29.1 Å². The van der Waals surface area contributed by atoms with Crippen molar-refractivity contribution >= 4 is 50.0 Å². The Hall–Kier alpha value is -3.02. The van der Waals surface area contributed by atoms with E-state index in [0.717, 1.165) is 20.8 Å². The Morgan fingerprint density at radius 1 is 1.21 bits per heavy atom. The Kier molecular flexibility index (Phi) is 6.00. The topological polar surface area (TPSA) is 107 Å². The van der Waals surface area contributed by atoms with Crippen LogP contribution >= 0.6 is 23.1 Å². The fraction of sp³-hybridized carbons (Fsp3) is 0.348. The normalized spacial score (nSPS) is 12.8.